The summed E-state index contributed by atoms with van der Waals surface area (Å²) in [5.41, 5.74) is 0.800. The second-order valence-electron chi connectivity index (χ2n) is 5.18. The fourth-order valence-corrected chi connectivity index (χ4v) is 2.97. The molecule has 1 N–H and O–H groups in total. The van der Waals surface area contributed by atoms with Gasteiger partial charge in [0.15, 0.2) is 0 Å². The van der Waals surface area contributed by atoms with E-state index in [0.717, 1.165) is 37.7 Å². The van der Waals surface area contributed by atoms with Gasteiger partial charge in [0.2, 0.25) is 0 Å². The first-order chi connectivity index (χ1) is 9.20. The summed E-state index contributed by atoms with van der Waals surface area (Å²) < 4.78 is 3.84. The van der Waals surface area contributed by atoms with Gasteiger partial charge >= 0.3 is 0 Å². The van der Waals surface area contributed by atoms with Crippen molar-refractivity contribution in [2.45, 2.75) is 33.1 Å². The zero-order valence-corrected chi connectivity index (χ0v) is 12.5. The quantitative estimate of drug-likeness (QED) is 0.890. The number of rotatable bonds is 5. The van der Waals surface area contributed by atoms with Crippen LogP contribution in [0.4, 0.5) is 0 Å². The number of hydrogen-bond acceptors (Lipinski definition) is 5. The molecule has 0 unspecified atom stereocenters. The predicted octanol–water partition coefficient (Wildman–Crippen LogP) is 1.56. The third-order valence-electron chi connectivity index (χ3n) is 3.69. The minimum atomic E-state index is -0.0303. The van der Waals surface area contributed by atoms with E-state index in [1.54, 1.807) is 0 Å². The van der Waals surface area contributed by atoms with E-state index in [4.69, 9.17) is 0 Å². The van der Waals surface area contributed by atoms with Crippen molar-refractivity contribution in [3.05, 3.63) is 10.6 Å². The van der Waals surface area contributed by atoms with Crippen LogP contribution in [-0.4, -0.2) is 46.6 Å². The van der Waals surface area contributed by atoms with Gasteiger partial charge in [-0.15, -0.1) is 5.10 Å². The maximum Gasteiger partial charge on any atom is 0.264 e. The Morgan fingerprint density at radius 1 is 1.47 bits per heavy atom. The Morgan fingerprint density at radius 3 is 2.89 bits per heavy atom. The molecule has 1 aromatic rings. The molecule has 0 bridgehead atoms. The van der Waals surface area contributed by atoms with Crippen LogP contribution in [0.25, 0.3) is 0 Å². The first kappa shape index (κ1) is 14.4. The number of carbonyl (C=O) groups is 1. The van der Waals surface area contributed by atoms with Crippen molar-refractivity contribution in [1.82, 2.24) is 19.8 Å². The number of amides is 1. The summed E-state index contributed by atoms with van der Waals surface area (Å²) in [6, 6.07) is 0. The van der Waals surface area contributed by atoms with Gasteiger partial charge in [0.25, 0.3) is 5.91 Å². The number of aromatic nitrogens is 2. The van der Waals surface area contributed by atoms with Gasteiger partial charge in [-0.3, -0.25) is 4.79 Å². The van der Waals surface area contributed by atoms with Crippen LogP contribution < -0.4 is 5.32 Å². The lowest BCUT2D eigenvalue weighted by Crippen LogP contribution is -2.39. The van der Waals surface area contributed by atoms with Gasteiger partial charge < -0.3 is 10.2 Å². The van der Waals surface area contributed by atoms with Crippen LogP contribution in [0.2, 0.25) is 0 Å². The van der Waals surface area contributed by atoms with Crippen LogP contribution >= 0.6 is 11.5 Å². The summed E-state index contributed by atoms with van der Waals surface area (Å²) in [5, 5.41) is 6.93. The molecule has 1 amide bonds. The Balaban J connectivity index is 1.72. The number of nitrogens with zero attached hydrogens (tertiary/aromatic N) is 3. The predicted molar refractivity (Wildman–Crippen MR) is 76.5 cm³/mol. The molecule has 0 aliphatic carbocycles. The average molecular weight is 282 g/mol. The monoisotopic (exact) mass is 282 g/mol. The van der Waals surface area contributed by atoms with Crippen molar-refractivity contribution in [2.24, 2.45) is 5.92 Å². The fourth-order valence-electron chi connectivity index (χ4n) is 2.31. The summed E-state index contributed by atoms with van der Waals surface area (Å²) in [6.45, 7) is 8.24. The van der Waals surface area contributed by atoms with E-state index < -0.39 is 0 Å². The maximum absolute atomic E-state index is 12.0. The molecule has 6 heteroatoms. The highest BCUT2D eigenvalue weighted by Gasteiger charge is 2.17. The molecule has 2 heterocycles. The van der Waals surface area contributed by atoms with Crippen LogP contribution in [0.1, 0.15) is 42.1 Å². The van der Waals surface area contributed by atoms with Gasteiger partial charge in [0.1, 0.15) is 4.88 Å². The van der Waals surface area contributed by atoms with Crippen LogP contribution in [0, 0.1) is 5.92 Å². The second-order valence-corrected chi connectivity index (χ2v) is 5.94. The Kier molecular flexibility index (Phi) is 5.27. The van der Waals surface area contributed by atoms with Crippen molar-refractivity contribution in [2.75, 3.05) is 26.2 Å². The zero-order valence-electron chi connectivity index (χ0n) is 11.7. The summed E-state index contributed by atoms with van der Waals surface area (Å²) in [4.78, 5) is 15.1. The molecular weight excluding hydrogens is 260 g/mol. The number of likely N-dealkylation sites (tertiary alicyclic amines) is 1. The van der Waals surface area contributed by atoms with Crippen molar-refractivity contribution < 1.29 is 4.79 Å². The average Bonchev–Trinajstić information content (AvgIpc) is 2.89. The number of aryl methyl sites for hydroxylation is 1. The van der Waals surface area contributed by atoms with E-state index in [9.17, 15) is 4.79 Å². The molecule has 1 aliphatic heterocycles. The van der Waals surface area contributed by atoms with Crippen LogP contribution in [0.15, 0.2) is 0 Å². The molecule has 0 aromatic carbocycles. The van der Waals surface area contributed by atoms with Crippen molar-refractivity contribution in [3.8, 4) is 0 Å². The molecule has 1 saturated heterocycles. The zero-order chi connectivity index (χ0) is 13.7. The minimum Gasteiger partial charge on any atom is -0.350 e. The minimum absolute atomic E-state index is 0.0303. The molecule has 5 nitrogen and oxygen atoms in total. The molecule has 1 fully saturated rings. The molecule has 0 atom stereocenters. The van der Waals surface area contributed by atoms with E-state index in [0.29, 0.717) is 11.4 Å². The van der Waals surface area contributed by atoms with E-state index in [-0.39, 0.29) is 5.91 Å². The molecular formula is C13H22N4OS. The fraction of sp³-hybridized carbons (Fsp3) is 0.769. The van der Waals surface area contributed by atoms with E-state index in [1.807, 2.05) is 6.92 Å². The van der Waals surface area contributed by atoms with Crippen molar-refractivity contribution >= 4 is 17.4 Å². The van der Waals surface area contributed by atoms with Crippen LogP contribution in [0.5, 0.6) is 0 Å². The summed E-state index contributed by atoms with van der Waals surface area (Å²) in [6.07, 6.45) is 3.29. The normalized spacial score (nSPS) is 17.6. The van der Waals surface area contributed by atoms with Crippen molar-refractivity contribution in [1.29, 1.82) is 0 Å². The van der Waals surface area contributed by atoms with Gasteiger partial charge in [-0.2, -0.15) is 0 Å². The van der Waals surface area contributed by atoms with E-state index in [2.05, 4.69) is 26.7 Å². The number of piperidine rings is 1. The largest absolute Gasteiger partial charge is 0.350 e. The highest BCUT2D eigenvalue weighted by molar-refractivity contribution is 7.08. The molecule has 106 valence electrons. The topological polar surface area (TPSA) is 58.1 Å². The third kappa shape index (κ3) is 3.98. The summed E-state index contributed by atoms with van der Waals surface area (Å²) in [5.74, 6) is 0.818. The maximum atomic E-state index is 12.0. The van der Waals surface area contributed by atoms with Crippen molar-refractivity contribution in [3.63, 3.8) is 0 Å². The van der Waals surface area contributed by atoms with Gasteiger partial charge in [0.05, 0.1) is 5.69 Å². The molecule has 1 aliphatic rings. The van der Waals surface area contributed by atoms with Gasteiger partial charge in [-0.1, -0.05) is 18.3 Å². The molecule has 2 rings (SSSR count). The molecule has 1 aromatic heterocycles. The Hall–Kier alpha value is -1.01. The molecule has 0 saturated carbocycles. The first-order valence-corrected chi connectivity index (χ1v) is 7.79. The lowest BCUT2D eigenvalue weighted by atomic mass is 9.99. The van der Waals surface area contributed by atoms with E-state index in [1.165, 1.54) is 24.4 Å². The van der Waals surface area contributed by atoms with Gasteiger partial charge in [0, 0.05) is 13.1 Å². The SMILES string of the molecule is CCc1nnsc1C(=O)NCCN1CCC(C)CC1. The lowest BCUT2D eigenvalue weighted by Gasteiger charge is -2.30. The second kappa shape index (κ2) is 6.96. The Bertz CT molecular complexity index is 413. The first-order valence-electron chi connectivity index (χ1n) is 7.02. The standard InChI is InChI=1S/C13H22N4OS/c1-3-11-12(19-16-15-11)13(18)14-6-9-17-7-4-10(2)5-8-17/h10H,3-9H2,1-2H3,(H,14,18). The number of carbonyl (C=O) groups excluding carboxylic acids is 1. The van der Waals surface area contributed by atoms with Gasteiger partial charge in [-0.05, 0) is 49.8 Å². The Labute approximate surface area is 118 Å². The van der Waals surface area contributed by atoms with Gasteiger partial charge in [-0.25, -0.2) is 0 Å². The van der Waals surface area contributed by atoms with Crippen LogP contribution in [-0.2, 0) is 6.42 Å². The number of nitrogens with one attached hydrogen (secondary N) is 1. The summed E-state index contributed by atoms with van der Waals surface area (Å²) in [7, 11) is 0. The third-order valence-corrected chi connectivity index (χ3v) is 4.45. The lowest BCUT2D eigenvalue weighted by molar-refractivity contribution is 0.0947. The van der Waals surface area contributed by atoms with Crippen LogP contribution in [0.3, 0.4) is 0 Å². The van der Waals surface area contributed by atoms with E-state index >= 15 is 0 Å². The number of hydrogen-bond donors (Lipinski definition) is 1. The molecule has 19 heavy (non-hydrogen) atoms. The highest BCUT2D eigenvalue weighted by Crippen LogP contribution is 2.15. The molecule has 0 spiro atoms. The Morgan fingerprint density at radius 2 is 2.21 bits per heavy atom. The smallest absolute Gasteiger partial charge is 0.264 e. The highest BCUT2D eigenvalue weighted by atomic mass is 32.1. The molecule has 0 radical (unpaired) electrons. The summed E-state index contributed by atoms with van der Waals surface area (Å²) >= 11 is 1.18.